The monoisotopic (exact) mass is 459 g/mol. The number of methoxy groups -OCH3 is 1. The molecule has 1 N–H and O–H groups in total. The molecule has 3 aromatic rings. The standard InChI is InChI=1S/C21H18ClN3O3S2/c1-28-16-8-4-14(5-9-16)23-18(26)12-30-21-24-17-10-11-29-19(17)20(27)25(21)15-6-2-13(22)3-7-15/h2-9H,10-12H2,1H3,(H,23,26). The Hall–Kier alpha value is -2.42. The second-order valence-corrected chi connectivity index (χ2v) is 8.94. The largest absolute Gasteiger partial charge is 0.497 e. The fraction of sp³-hybridized carbons (Fsp3) is 0.190. The van der Waals surface area contributed by atoms with Crippen LogP contribution in [0.4, 0.5) is 5.69 Å². The molecule has 1 amide bonds. The molecule has 0 bridgehead atoms. The summed E-state index contributed by atoms with van der Waals surface area (Å²) in [6, 6.07) is 14.1. The number of aromatic nitrogens is 2. The van der Waals surface area contributed by atoms with Crippen molar-refractivity contribution in [2.45, 2.75) is 16.5 Å². The minimum Gasteiger partial charge on any atom is -0.497 e. The van der Waals surface area contributed by atoms with Gasteiger partial charge in [-0.1, -0.05) is 23.4 Å². The van der Waals surface area contributed by atoms with Crippen molar-refractivity contribution in [2.24, 2.45) is 0 Å². The molecular formula is C21H18ClN3O3S2. The predicted molar refractivity (Wildman–Crippen MR) is 122 cm³/mol. The number of amides is 1. The number of ether oxygens (including phenoxy) is 1. The molecule has 1 aliphatic rings. The first-order valence-corrected chi connectivity index (χ1v) is 11.5. The Bertz CT molecular complexity index is 1130. The summed E-state index contributed by atoms with van der Waals surface area (Å²) < 4.78 is 6.68. The van der Waals surface area contributed by atoms with Gasteiger partial charge in [-0.2, -0.15) is 0 Å². The quantitative estimate of drug-likeness (QED) is 0.438. The van der Waals surface area contributed by atoms with E-state index < -0.39 is 0 Å². The summed E-state index contributed by atoms with van der Waals surface area (Å²) in [6.07, 6.45) is 0.752. The van der Waals surface area contributed by atoms with Crippen LogP contribution in [0.1, 0.15) is 5.69 Å². The van der Waals surface area contributed by atoms with Crippen LogP contribution in [0.15, 0.2) is 63.4 Å². The molecule has 0 spiro atoms. The summed E-state index contributed by atoms with van der Waals surface area (Å²) in [5.41, 5.74) is 2.04. The maximum atomic E-state index is 13.1. The number of benzene rings is 2. The molecule has 1 aliphatic heterocycles. The number of nitrogens with zero attached hydrogens (tertiary/aromatic N) is 2. The molecule has 4 rings (SSSR count). The van der Waals surface area contributed by atoms with Gasteiger partial charge in [0.15, 0.2) is 5.16 Å². The van der Waals surface area contributed by atoms with Crippen molar-refractivity contribution in [1.82, 2.24) is 9.55 Å². The van der Waals surface area contributed by atoms with Gasteiger partial charge in [0, 0.05) is 22.9 Å². The third-order valence-electron chi connectivity index (χ3n) is 4.46. The highest BCUT2D eigenvalue weighted by atomic mass is 35.5. The molecule has 2 aromatic carbocycles. The predicted octanol–water partition coefficient (Wildman–Crippen LogP) is 4.27. The van der Waals surface area contributed by atoms with Gasteiger partial charge in [-0.05, 0) is 48.5 Å². The van der Waals surface area contributed by atoms with Crippen LogP contribution in [0, 0.1) is 0 Å². The third kappa shape index (κ3) is 4.50. The summed E-state index contributed by atoms with van der Waals surface area (Å²) >= 11 is 8.76. The minimum atomic E-state index is -0.183. The fourth-order valence-corrected chi connectivity index (χ4v) is 4.99. The minimum absolute atomic E-state index is 0.108. The van der Waals surface area contributed by atoms with Crippen LogP contribution < -0.4 is 15.6 Å². The molecule has 154 valence electrons. The topological polar surface area (TPSA) is 73.2 Å². The summed E-state index contributed by atoms with van der Waals surface area (Å²) in [7, 11) is 1.59. The Morgan fingerprint density at radius 1 is 1.23 bits per heavy atom. The molecule has 9 heteroatoms. The molecule has 2 heterocycles. The molecule has 0 radical (unpaired) electrons. The first-order chi connectivity index (χ1) is 14.5. The van der Waals surface area contributed by atoms with E-state index in [1.165, 1.54) is 23.5 Å². The molecule has 6 nitrogen and oxygen atoms in total. The fourth-order valence-electron chi connectivity index (χ4n) is 3.01. The molecule has 0 atom stereocenters. The van der Waals surface area contributed by atoms with E-state index >= 15 is 0 Å². The first-order valence-electron chi connectivity index (χ1n) is 9.16. The van der Waals surface area contributed by atoms with Crippen molar-refractivity contribution in [3.8, 4) is 11.4 Å². The molecular weight excluding hydrogens is 442 g/mol. The van der Waals surface area contributed by atoms with E-state index in [9.17, 15) is 9.59 Å². The lowest BCUT2D eigenvalue weighted by atomic mass is 10.3. The Kier molecular flexibility index (Phi) is 6.36. The lowest BCUT2D eigenvalue weighted by molar-refractivity contribution is -0.113. The van der Waals surface area contributed by atoms with Crippen molar-refractivity contribution >= 4 is 46.7 Å². The van der Waals surface area contributed by atoms with Gasteiger partial charge < -0.3 is 10.1 Å². The number of hydrogen-bond donors (Lipinski definition) is 1. The molecule has 0 unspecified atom stereocenters. The van der Waals surface area contributed by atoms with Gasteiger partial charge in [0.1, 0.15) is 5.75 Å². The number of thioether (sulfide) groups is 2. The second-order valence-electron chi connectivity index (χ2n) is 6.45. The zero-order valence-electron chi connectivity index (χ0n) is 16.1. The maximum absolute atomic E-state index is 13.1. The summed E-state index contributed by atoms with van der Waals surface area (Å²) in [6.45, 7) is 0. The highest BCUT2D eigenvalue weighted by molar-refractivity contribution is 8.00. The van der Waals surface area contributed by atoms with Crippen LogP contribution in [-0.2, 0) is 11.2 Å². The molecule has 1 aromatic heterocycles. The van der Waals surface area contributed by atoms with Crippen LogP contribution >= 0.6 is 35.1 Å². The maximum Gasteiger partial charge on any atom is 0.272 e. The Balaban J connectivity index is 1.57. The van der Waals surface area contributed by atoms with E-state index in [1.54, 1.807) is 60.2 Å². The zero-order valence-corrected chi connectivity index (χ0v) is 18.4. The van der Waals surface area contributed by atoms with E-state index in [-0.39, 0.29) is 17.2 Å². The lowest BCUT2D eigenvalue weighted by Gasteiger charge is -2.14. The van der Waals surface area contributed by atoms with Gasteiger partial charge in [0.25, 0.3) is 5.56 Å². The van der Waals surface area contributed by atoms with Crippen molar-refractivity contribution in [2.75, 3.05) is 23.9 Å². The Morgan fingerprint density at radius 2 is 1.97 bits per heavy atom. The summed E-state index contributed by atoms with van der Waals surface area (Å²) in [5.74, 6) is 1.49. The van der Waals surface area contributed by atoms with Gasteiger partial charge >= 0.3 is 0 Å². The van der Waals surface area contributed by atoms with Gasteiger partial charge in [0.05, 0.1) is 29.1 Å². The van der Waals surface area contributed by atoms with Crippen molar-refractivity contribution in [3.05, 3.63) is 69.6 Å². The van der Waals surface area contributed by atoms with Crippen molar-refractivity contribution < 1.29 is 9.53 Å². The average Bonchev–Trinajstić information content (AvgIpc) is 3.23. The number of hydrogen-bond acceptors (Lipinski definition) is 6. The highest BCUT2D eigenvalue weighted by Gasteiger charge is 2.23. The normalized spacial score (nSPS) is 12.5. The number of halogens is 1. The van der Waals surface area contributed by atoms with Crippen LogP contribution in [0.5, 0.6) is 5.75 Å². The number of fused-ring (bicyclic) bond motifs is 1. The van der Waals surface area contributed by atoms with Gasteiger partial charge in [-0.3, -0.25) is 14.2 Å². The Morgan fingerprint density at radius 3 is 2.67 bits per heavy atom. The van der Waals surface area contributed by atoms with Crippen LogP contribution in [0.25, 0.3) is 5.69 Å². The number of carbonyl (C=O) groups excluding carboxylic acids is 1. The van der Waals surface area contributed by atoms with E-state index in [1.807, 2.05) is 0 Å². The smallest absolute Gasteiger partial charge is 0.272 e. The Labute approximate surface area is 187 Å². The van der Waals surface area contributed by atoms with E-state index in [4.69, 9.17) is 21.3 Å². The molecule has 0 fully saturated rings. The molecule has 0 saturated heterocycles. The molecule has 0 aliphatic carbocycles. The third-order valence-corrected chi connectivity index (χ3v) is 6.76. The first kappa shape index (κ1) is 20.8. The van der Waals surface area contributed by atoms with Gasteiger partial charge in [0.2, 0.25) is 5.91 Å². The molecule has 0 saturated carbocycles. The molecule has 30 heavy (non-hydrogen) atoms. The number of carbonyl (C=O) groups is 1. The van der Waals surface area contributed by atoms with Gasteiger partial charge in [-0.15, -0.1) is 11.8 Å². The van der Waals surface area contributed by atoms with Gasteiger partial charge in [-0.25, -0.2) is 4.98 Å². The van der Waals surface area contributed by atoms with Crippen molar-refractivity contribution in [3.63, 3.8) is 0 Å². The van der Waals surface area contributed by atoms with Crippen LogP contribution in [-0.4, -0.2) is 34.1 Å². The number of rotatable bonds is 6. The van der Waals surface area contributed by atoms with E-state index in [0.717, 1.165) is 23.6 Å². The number of anilines is 1. The van der Waals surface area contributed by atoms with Crippen LogP contribution in [0.3, 0.4) is 0 Å². The highest BCUT2D eigenvalue weighted by Crippen LogP contribution is 2.30. The zero-order chi connectivity index (χ0) is 21.1. The number of aryl methyl sites for hydroxylation is 1. The van der Waals surface area contributed by atoms with Crippen molar-refractivity contribution in [1.29, 1.82) is 0 Å². The SMILES string of the molecule is COc1ccc(NC(=O)CSc2nc3c(c(=O)n2-c2ccc(Cl)cc2)SCC3)cc1. The average molecular weight is 460 g/mol. The summed E-state index contributed by atoms with van der Waals surface area (Å²) in [5, 5.41) is 3.93. The lowest BCUT2D eigenvalue weighted by Crippen LogP contribution is -2.24. The second kappa shape index (κ2) is 9.16. The van der Waals surface area contributed by atoms with Crippen LogP contribution in [0.2, 0.25) is 5.02 Å². The van der Waals surface area contributed by atoms with E-state index in [0.29, 0.717) is 26.4 Å². The summed E-state index contributed by atoms with van der Waals surface area (Å²) in [4.78, 5) is 30.9. The van der Waals surface area contributed by atoms with E-state index in [2.05, 4.69) is 5.32 Å². The number of nitrogens with one attached hydrogen (secondary N) is 1.